The van der Waals surface area contributed by atoms with Crippen molar-refractivity contribution < 1.29 is 13.2 Å². The van der Waals surface area contributed by atoms with Gasteiger partial charge in [0.15, 0.2) is 0 Å². The van der Waals surface area contributed by atoms with Gasteiger partial charge in [0, 0.05) is 18.6 Å². The van der Waals surface area contributed by atoms with Crippen molar-refractivity contribution in [1.29, 1.82) is 0 Å². The second-order valence-electron chi connectivity index (χ2n) is 6.26. The van der Waals surface area contributed by atoms with E-state index in [9.17, 15) is 13.2 Å². The van der Waals surface area contributed by atoms with Gasteiger partial charge in [0.25, 0.3) is 15.9 Å². The standard InChI is InChI=1S/C21H18Cl2N2O3S/c1-25(29(27,28)18-5-3-2-4-6-18)17-11-12-20(23)19(13-17)21(26)24-14-15-7-9-16(22)10-8-15/h2-13H,14H2,1H3,(H,24,26). The number of carbonyl (C=O) groups excluding carboxylic acids is 1. The molecule has 0 unspecified atom stereocenters. The predicted octanol–water partition coefficient (Wildman–Crippen LogP) is 4.75. The number of nitrogens with zero attached hydrogens (tertiary/aromatic N) is 1. The minimum absolute atomic E-state index is 0.159. The lowest BCUT2D eigenvalue weighted by Crippen LogP contribution is -2.27. The van der Waals surface area contributed by atoms with Crippen LogP contribution in [0.1, 0.15) is 15.9 Å². The van der Waals surface area contributed by atoms with E-state index in [1.54, 1.807) is 48.5 Å². The first-order chi connectivity index (χ1) is 13.8. The number of benzene rings is 3. The number of nitrogens with one attached hydrogen (secondary N) is 1. The summed E-state index contributed by atoms with van der Waals surface area (Å²) in [5, 5.41) is 3.62. The van der Waals surface area contributed by atoms with Crippen LogP contribution >= 0.6 is 23.2 Å². The molecule has 0 heterocycles. The van der Waals surface area contributed by atoms with Crippen LogP contribution in [0.25, 0.3) is 0 Å². The summed E-state index contributed by atoms with van der Waals surface area (Å²) < 4.78 is 26.8. The van der Waals surface area contributed by atoms with Gasteiger partial charge in [-0.25, -0.2) is 8.42 Å². The molecule has 0 saturated heterocycles. The number of sulfonamides is 1. The Morgan fingerprint density at radius 2 is 1.62 bits per heavy atom. The Labute approximate surface area is 179 Å². The molecular formula is C21H18Cl2N2O3S. The average Bonchev–Trinajstić information content (AvgIpc) is 2.73. The highest BCUT2D eigenvalue weighted by Gasteiger charge is 2.22. The Morgan fingerprint density at radius 1 is 0.966 bits per heavy atom. The molecule has 8 heteroatoms. The van der Waals surface area contributed by atoms with Gasteiger partial charge in [-0.1, -0.05) is 53.5 Å². The van der Waals surface area contributed by atoms with Crippen LogP contribution in [0.2, 0.25) is 10.0 Å². The SMILES string of the molecule is CN(c1ccc(Cl)c(C(=O)NCc2ccc(Cl)cc2)c1)S(=O)(=O)c1ccccc1. The fourth-order valence-electron chi connectivity index (χ4n) is 2.65. The molecule has 5 nitrogen and oxygen atoms in total. The maximum Gasteiger partial charge on any atom is 0.264 e. The molecule has 0 radical (unpaired) electrons. The molecule has 0 aromatic heterocycles. The summed E-state index contributed by atoms with van der Waals surface area (Å²) >= 11 is 12.0. The molecule has 3 aromatic carbocycles. The molecule has 0 saturated carbocycles. The van der Waals surface area contributed by atoms with Crippen molar-refractivity contribution in [2.24, 2.45) is 0 Å². The zero-order chi connectivity index (χ0) is 21.0. The number of anilines is 1. The number of carbonyl (C=O) groups is 1. The fourth-order valence-corrected chi connectivity index (χ4v) is 4.19. The summed E-state index contributed by atoms with van der Waals surface area (Å²) in [4.78, 5) is 12.8. The van der Waals surface area contributed by atoms with Crippen LogP contribution in [-0.4, -0.2) is 21.4 Å². The van der Waals surface area contributed by atoms with Crippen molar-refractivity contribution in [3.8, 4) is 0 Å². The van der Waals surface area contributed by atoms with E-state index < -0.39 is 15.9 Å². The second kappa shape index (κ2) is 8.86. The summed E-state index contributed by atoms with van der Waals surface area (Å²) in [7, 11) is -2.33. The van der Waals surface area contributed by atoms with Crippen molar-refractivity contribution >= 4 is 44.8 Å². The molecule has 1 amide bonds. The molecule has 1 N–H and O–H groups in total. The maximum atomic E-state index is 12.8. The predicted molar refractivity (Wildman–Crippen MR) is 116 cm³/mol. The van der Waals surface area contributed by atoms with Gasteiger partial charge >= 0.3 is 0 Å². The smallest absolute Gasteiger partial charge is 0.264 e. The Morgan fingerprint density at radius 3 is 2.28 bits per heavy atom. The lowest BCUT2D eigenvalue weighted by atomic mass is 10.1. The van der Waals surface area contributed by atoms with Gasteiger partial charge in [-0.2, -0.15) is 0 Å². The summed E-state index contributed by atoms with van der Waals surface area (Å²) in [5.74, 6) is -0.405. The van der Waals surface area contributed by atoms with Gasteiger partial charge in [0.2, 0.25) is 0 Å². The normalized spacial score (nSPS) is 11.1. The van der Waals surface area contributed by atoms with Crippen molar-refractivity contribution in [2.45, 2.75) is 11.4 Å². The van der Waals surface area contributed by atoms with E-state index in [0.717, 1.165) is 9.87 Å². The first-order valence-electron chi connectivity index (χ1n) is 8.65. The third-order valence-electron chi connectivity index (χ3n) is 4.33. The molecule has 150 valence electrons. The van der Waals surface area contributed by atoms with Gasteiger partial charge in [-0.3, -0.25) is 9.10 Å². The lowest BCUT2D eigenvalue weighted by molar-refractivity contribution is 0.0951. The van der Waals surface area contributed by atoms with E-state index in [-0.39, 0.29) is 22.0 Å². The monoisotopic (exact) mass is 448 g/mol. The van der Waals surface area contributed by atoms with Crippen molar-refractivity contribution in [3.63, 3.8) is 0 Å². The molecule has 0 atom stereocenters. The quantitative estimate of drug-likeness (QED) is 0.591. The largest absolute Gasteiger partial charge is 0.348 e. The van der Waals surface area contributed by atoms with E-state index in [4.69, 9.17) is 23.2 Å². The third kappa shape index (κ3) is 4.90. The molecule has 3 rings (SSSR count). The van der Waals surface area contributed by atoms with Gasteiger partial charge < -0.3 is 5.32 Å². The molecule has 0 bridgehead atoms. The molecule has 0 fully saturated rings. The summed E-state index contributed by atoms with van der Waals surface area (Å²) in [6.45, 7) is 0.286. The third-order valence-corrected chi connectivity index (χ3v) is 6.71. The van der Waals surface area contributed by atoms with Crippen LogP contribution in [0.4, 0.5) is 5.69 Å². The number of halogens is 2. The van der Waals surface area contributed by atoms with Gasteiger partial charge in [0.1, 0.15) is 0 Å². The van der Waals surface area contributed by atoms with Crippen molar-refractivity contribution in [2.75, 3.05) is 11.4 Å². The lowest BCUT2D eigenvalue weighted by Gasteiger charge is -2.20. The fraction of sp³-hybridized carbons (Fsp3) is 0.0952. The Kier molecular flexibility index (Phi) is 6.47. The molecule has 0 aliphatic carbocycles. The average molecular weight is 449 g/mol. The highest BCUT2D eigenvalue weighted by atomic mass is 35.5. The topological polar surface area (TPSA) is 66.5 Å². The molecule has 0 aliphatic rings. The molecule has 0 spiro atoms. The van der Waals surface area contributed by atoms with Crippen molar-refractivity contribution in [3.05, 3.63) is 94.0 Å². The first-order valence-corrected chi connectivity index (χ1v) is 10.8. The zero-order valence-electron chi connectivity index (χ0n) is 15.5. The maximum absolute atomic E-state index is 12.8. The van der Waals surface area contributed by atoms with Crippen LogP contribution in [0.5, 0.6) is 0 Å². The number of hydrogen-bond donors (Lipinski definition) is 1. The van der Waals surface area contributed by atoms with Crippen LogP contribution in [0, 0.1) is 0 Å². The Hall–Kier alpha value is -2.54. The highest BCUT2D eigenvalue weighted by Crippen LogP contribution is 2.27. The van der Waals surface area contributed by atoms with Crippen LogP contribution < -0.4 is 9.62 Å². The minimum Gasteiger partial charge on any atom is -0.348 e. The van der Waals surface area contributed by atoms with E-state index in [0.29, 0.717) is 10.7 Å². The van der Waals surface area contributed by atoms with Crippen LogP contribution in [-0.2, 0) is 16.6 Å². The second-order valence-corrected chi connectivity index (χ2v) is 9.07. The summed E-state index contributed by atoms with van der Waals surface area (Å²) in [6, 6.07) is 19.7. The molecule has 29 heavy (non-hydrogen) atoms. The van der Waals surface area contributed by atoms with E-state index in [2.05, 4.69) is 5.32 Å². The number of rotatable bonds is 6. The Bertz CT molecular complexity index is 1120. The Balaban J connectivity index is 1.82. The van der Waals surface area contributed by atoms with Crippen LogP contribution in [0.3, 0.4) is 0 Å². The van der Waals surface area contributed by atoms with Gasteiger partial charge in [-0.05, 0) is 48.0 Å². The molecular weight excluding hydrogens is 431 g/mol. The molecule has 0 aliphatic heterocycles. The van der Waals surface area contributed by atoms with Gasteiger partial charge in [-0.15, -0.1) is 0 Å². The van der Waals surface area contributed by atoms with E-state index >= 15 is 0 Å². The zero-order valence-corrected chi connectivity index (χ0v) is 17.8. The van der Waals surface area contributed by atoms with E-state index in [1.807, 2.05) is 0 Å². The van der Waals surface area contributed by atoms with Crippen molar-refractivity contribution in [1.82, 2.24) is 5.32 Å². The van der Waals surface area contributed by atoms with Crippen LogP contribution in [0.15, 0.2) is 77.7 Å². The van der Waals surface area contributed by atoms with E-state index in [1.165, 1.54) is 31.3 Å². The first kappa shape index (κ1) is 21.2. The minimum atomic E-state index is -3.76. The number of amides is 1. The molecule has 3 aromatic rings. The highest BCUT2D eigenvalue weighted by molar-refractivity contribution is 7.92. The summed E-state index contributed by atoms with van der Waals surface area (Å²) in [5.41, 5.74) is 1.39. The summed E-state index contributed by atoms with van der Waals surface area (Å²) in [6.07, 6.45) is 0. The van der Waals surface area contributed by atoms with Gasteiger partial charge in [0.05, 0.1) is 21.2 Å². The number of hydrogen-bond acceptors (Lipinski definition) is 3.